The second-order valence-corrected chi connectivity index (χ2v) is 12.1. The van der Waals surface area contributed by atoms with Crippen LogP contribution < -0.4 is 10.5 Å². The number of nitrogens with two attached hydrogens (primary N) is 1. The van der Waals surface area contributed by atoms with Crippen molar-refractivity contribution in [3.05, 3.63) is 88.6 Å². The van der Waals surface area contributed by atoms with Gasteiger partial charge in [-0.2, -0.15) is 0 Å². The van der Waals surface area contributed by atoms with E-state index >= 15 is 0 Å². The first kappa shape index (κ1) is 27.4. The highest BCUT2D eigenvalue weighted by Crippen LogP contribution is 2.39. The molecule has 36 heavy (non-hydrogen) atoms. The van der Waals surface area contributed by atoms with Crippen LogP contribution in [0, 0.1) is 31.1 Å². The van der Waals surface area contributed by atoms with E-state index in [1.54, 1.807) is 0 Å². The number of hydrogen-bond donors (Lipinski definition) is 1. The van der Waals surface area contributed by atoms with Crippen LogP contribution in [0.3, 0.4) is 0 Å². The van der Waals surface area contributed by atoms with E-state index in [2.05, 4.69) is 86.1 Å². The third-order valence-electron chi connectivity index (χ3n) is 5.92. The largest absolute Gasteiger partial charge is 0.489 e. The number of primary amides is 1. The smallest absolute Gasteiger partial charge is 0.221 e. The Morgan fingerprint density at radius 2 is 1.56 bits per heavy atom. The summed E-state index contributed by atoms with van der Waals surface area (Å²) >= 11 is 0. The molecule has 3 aromatic rings. The number of hydrogen-bond acceptors (Lipinski definition) is 3. The number of carbonyl (C=O) groups is 1. The minimum absolute atomic E-state index is 0.0165. The van der Waals surface area contributed by atoms with Crippen LogP contribution in [0.2, 0.25) is 0 Å². The fraction of sp³-hybridized carbons (Fsp3) is 0.406. The minimum atomic E-state index is -0.342. The molecule has 3 rings (SSSR count). The molecule has 0 aliphatic rings. The highest BCUT2D eigenvalue weighted by Gasteiger charge is 2.26. The lowest BCUT2D eigenvalue weighted by Crippen LogP contribution is -2.19. The van der Waals surface area contributed by atoms with Crippen LogP contribution in [0.15, 0.2) is 48.5 Å². The number of amides is 1. The summed E-state index contributed by atoms with van der Waals surface area (Å²) in [5.74, 6) is 0.406. The van der Waals surface area contributed by atoms with Gasteiger partial charge in [0.25, 0.3) is 0 Å². The van der Waals surface area contributed by atoms with Gasteiger partial charge in [0.1, 0.15) is 12.4 Å². The van der Waals surface area contributed by atoms with E-state index in [4.69, 9.17) is 15.5 Å². The standard InChI is InChI=1S/C32H41N2O2/c1-21-9-13-24(14-10-21)30-26(18-31(3,4)5)28(19-32(6,7)8)34-22(2)27(30)20-36-25-15-11-23(12-16-25)17-29(33)35/h9-16,18H,17,19-20H2,1-8H3,(H2,33,35). The third-order valence-corrected chi connectivity index (χ3v) is 5.92. The summed E-state index contributed by atoms with van der Waals surface area (Å²) in [4.78, 5) is 16.4. The van der Waals surface area contributed by atoms with Gasteiger partial charge in [-0.15, -0.1) is 0 Å². The molecule has 0 aliphatic carbocycles. The lowest BCUT2D eigenvalue weighted by atomic mass is 9.79. The molecule has 0 fully saturated rings. The van der Waals surface area contributed by atoms with E-state index in [-0.39, 0.29) is 23.2 Å². The van der Waals surface area contributed by atoms with Gasteiger partial charge in [0, 0.05) is 17.0 Å². The summed E-state index contributed by atoms with van der Waals surface area (Å²) < 4.78 is 6.27. The molecule has 2 aromatic carbocycles. The number of pyridine rings is 1. The Morgan fingerprint density at radius 3 is 2.08 bits per heavy atom. The van der Waals surface area contributed by atoms with Crippen molar-refractivity contribution in [1.82, 2.24) is 4.98 Å². The Balaban J connectivity index is 2.11. The molecule has 0 saturated carbocycles. The summed E-state index contributed by atoms with van der Waals surface area (Å²) in [5.41, 5.74) is 14.3. The fourth-order valence-corrected chi connectivity index (χ4v) is 4.33. The molecule has 1 amide bonds. The van der Waals surface area contributed by atoms with E-state index in [1.807, 2.05) is 24.3 Å². The van der Waals surface area contributed by atoms with Gasteiger partial charge < -0.3 is 10.5 Å². The van der Waals surface area contributed by atoms with Gasteiger partial charge in [-0.1, -0.05) is 83.5 Å². The summed E-state index contributed by atoms with van der Waals surface area (Å²) in [6.45, 7) is 18.1. The summed E-state index contributed by atoms with van der Waals surface area (Å²) in [5, 5.41) is 0. The first-order valence-corrected chi connectivity index (χ1v) is 12.7. The van der Waals surface area contributed by atoms with Crippen molar-refractivity contribution in [3.8, 4) is 16.9 Å². The maximum absolute atomic E-state index is 11.2. The van der Waals surface area contributed by atoms with Gasteiger partial charge in [0.15, 0.2) is 0 Å². The second-order valence-electron chi connectivity index (χ2n) is 12.1. The molecule has 0 bridgehead atoms. The van der Waals surface area contributed by atoms with Gasteiger partial charge in [-0.25, -0.2) is 0 Å². The van der Waals surface area contributed by atoms with Crippen LogP contribution in [0.1, 0.15) is 75.2 Å². The first-order valence-electron chi connectivity index (χ1n) is 12.7. The van der Waals surface area contributed by atoms with Gasteiger partial charge in [-0.05, 0) is 71.9 Å². The third kappa shape index (κ3) is 7.68. The van der Waals surface area contributed by atoms with Crippen LogP contribution in [-0.2, 0) is 24.2 Å². The predicted octanol–water partition coefficient (Wildman–Crippen LogP) is 7.16. The van der Waals surface area contributed by atoms with Gasteiger partial charge in [0.2, 0.25) is 5.91 Å². The SMILES string of the molecule is Cc1ccc(-c2c([CH]C(C)(C)C)c(CC(C)(C)C)nc(C)c2COc2ccc(CC(N)=O)cc2)cc1. The molecule has 0 unspecified atom stereocenters. The van der Waals surface area contributed by atoms with Crippen LogP contribution in [0.4, 0.5) is 0 Å². The Hall–Kier alpha value is -3.14. The molecule has 1 radical (unpaired) electrons. The molecule has 0 spiro atoms. The molecule has 0 aliphatic heterocycles. The van der Waals surface area contributed by atoms with E-state index in [9.17, 15) is 4.79 Å². The zero-order valence-corrected chi connectivity index (χ0v) is 23.2. The Kier molecular flexibility index (Phi) is 8.28. The van der Waals surface area contributed by atoms with E-state index in [1.165, 1.54) is 22.3 Å². The fourth-order valence-electron chi connectivity index (χ4n) is 4.33. The van der Waals surface area contributed by atoms with Crippen LogP contribution in [-0.4, -0.2) is 10.9 Å². The summed E-state index contributed by atoms with van der Waals surface area (Å²) in [6.07, 6.45) is 3.47. The lowest BCUT2D eigenvalue weighted by molar-refractivity contribution is -0.117. The Labute approximate surface area is 217 Å². The van der Waals surface area contributed by atoms with Crippen molar-refractivity contribution in [2.24, 2.45) is 16.6 Å². The second kappa shape index (κ2) is 10.9. The zero-order valence-electron chi connectivity index (χ0n) is 23.2. The summed E-state index contributed by atoms with van der Waals surface area (Å²) in [6, 6.07) is 16.3. The van der Waals surface area contributed by atoms with Gasteiger partial charge in [0.05, 0.1) is 6.42 Å². The maximum atomic E-state index is 11.2. The molecule has 4 nitrogen and oxygen atoms in total. The van der Waals surface area contributed by atoms with E-state index in [0.29, 0.717) is 6.61 Å². The lowest BCUT2D eigenvalue weighted by Gasteiger charge is -2.28. The van der Waals surface area contributed by atoms with Gasteiger partial charge >= 0.3 is 0 Å². The Bertz CT molecular complexity index is 1200. The number of carbonyl (C=O) groups excluding carboxylic acids is 1. The normalized spacial score (nSPS) is 12.0. The first-order chi connectivity index (χ1) is 16.7. The van der Waals surface area contributed by atoms with Crippen molar-refractivity contribution < 1.29 is 9.53 Å². The summed E-state index contributed by atoms with van der Waals surface area (Å²) in [7, 11) is 0. The topological polar surface area (TPSA) is 65.2 Å². The maximum Gasteiger partial charge on any atom is 0.221 e. The monoisotopic (exact) mass is 485 g/mol. The average molecular weight is 486 g/mol. The van der Waals surface area contributed by atoms with Crippen molar-refractivity contribution >= 4 is 5.91 Å². The predicted molar refractivity (Wildman–Crippen MR) is 149 cm³/mol. The molecule has 0 saturated heterocycles. The van der Waals surface area contributed by atoms with Crippen molar-refractivity contribution in [2.45, 2.75) is 74.8 Å². The Morgan fingerprint density at radius 1 is 0.944 bits per heavy atom. The number of rotatable bonds is 8. The average Bonchev–Trinajstić information content (AvgIpc) is 2.74. The van der Waals surface area contributed by atoms with Crippen molar-refractivity contribution in [2.75, 3.05) is 0 Å². The molecular weight excluding hydrogens is 444 g/mol. The van der Waals surface area contributed by atoms with E-state index < -0.39 is 0 Å². The zero-order chi connectivity index (χ0) is 26.7. The highest BCUT2D eigenvalue weighted by atomic mass is 16.5. The highest BCUT2D eigenvalue weighted by molar-refractivity contribution is 5.76. The van der Waals surface area contributed by atoms with Gasteiger partial charge in [-0.3, -0.25) is 9.78 Å². The molecule has 0 atom stereocenters. The van der Waals surface area contributed by atoms with Crippen molar-refractivity contribution in [1.29, 1.82) is 0 Å². The quantitative estimate of drug-likeness (QED) is 0.368. The molecule has 1 heterocycles. The molecule has 2 N–H and O–H groups in total. The number of benzene rings is 2. The number of ether oxygens (including phenoxy) is 1. The van der Waals surface area contributed by atoms with Crippen LogP contribution >= 0.6 is 0 Å². The van der Waals surface area contributed by atoms with Crippen LogP contribution in [0.25, 0.3) is 11.1 Å². The van der Waals surface area contributed by atoms with E-state index in [0.717, 1.165) is 34.7 Å². The van der Waals surface area contributed by atoms with Crippen LogP contribution in [0.5, 0.6) is 5.75 Å². The molecule has 191 valence electrons. The number of nitrogens with zero attached hydrogens (tertiary/aromatic N) is 1. The number of aromatic nitrogens is 1. The molecular formula is C32H41N2O2. The molecule has 1 aromatic heterocycles. The number of aryl methyl sites for hydroxylation is 2. The minimum Gasteiger partial charge on any atom is -0.489 e. The van der Waals surface area contributed by atoms with Crippen molar-refractivity contribution in [3.63, 3.8) is 0 Å². The molecule has 4 heteroatoms.